The average molecular weight is 491 g/mol. The van der Waals surface area contributed by atoms with Gasteiger partial charge in [0.25, 0.3) is 11.5 Å². The highest BCUT2D eigenvalue weighted by Crippen LogP contribution is 2.38. The van der Waals surface area contributed by atoms with Gasteiger partial charge in [-0.1, -0.05) is 73.2 Å². The fraction of sp³-hybridized carbons (Fsp3) is 0.308. The van der Waals surface area contributed by atoms with Gasteiger partial charge >= 0.3 is 0 Å². The van der Waals surface area contributed by atoms with Crippen molar-refractivity contribution < 1.29 is 4.79 Å². The second-order valence-corrected chi connectivity index (χ2v) is 10.4. The molecule has 3 aromatic rings. The van der Waals surface area contributed by atoms with Crippen molar-refractivity contribution in [3.8, 4) is 0 Å². The Labute approximate surface area is 208 Å². The van der Waals surface area contributed by atoms with Crippen LogP contribution in [0.2, 0.25) is 0 Å². The highest BCUT2D eigenvalue weighted by atomic mass is 32.2. The minimum atomic E-state index is -0.206. The molecular weight excluding hydrogens is 464 g/mol. The summed E-state index contributed by atoms with van der Waals surface area (Å²) in [5.74, 6) is 0.382. The summed E-state index contributed by atoms with van der Waals surface area (Å²) in [6, 6.07) is 14.1. The number of pyridine rings is 1. The fourth-order valence-corrected chi connectivity index (χ4v) is 6.02. The summed E-state index contributed by atoms with van der Waals surface area (Å²) in [6.07, 6.45) is 8.36. The molecule has 1 saturated heterocycles. The maximum Gasteiger partial charge on any atom is 0.267 e. The first-order valence-electron chi connectivity index (χ1n) is 11.6. The lowest BCUT2D eigenvalue weighted by Gasteiger charge is -2.21. The molecule has 8 heteroatoms. The Morgan fingerprint density at radius 2 is 1.91 bits per heavy atom. The molecule has 1 amide bonds. The minimum absolute atomic E-state index is 0.106. The summed E-state index contributed by atoms with van der Waals surface area (Å²) in [4.78, 5) is 33.8. The van der Waals surface area contributed by atoms with Crippen LogP contribution >= 0.6 is 24.0 Å². The van der Waals surface area contributed by atoms with Crippen LogP contribution in [0.25, 0.3) is 11.7 Å². The lowest BCUT2D eigenvalue weighted by atomic mass is 10.1. The number of benzene rings is 1. The van der Waals surface area contributed by atoms with Crippen LogP contribution in [0.15, 0.2) is 58.4 Å². The molecule has 34 heavy (non-hydrogen) atoms. The van der Waals surface area contributed by atoms with E-state index in [0.717, 1.165) is 37.7 Å². The van der Waals surface area contributed by atoms with E-state index in [-0.39, 0.29) is 17.5 Å². The van der Waals surface area contributed by atoms with Gasteiger partial charge in [0.05, 0.1) is 10.5 Å². The van der Waals surface area contributed by atoms with Gasteiger partial charge in [-0.2, -0.15) is 0 Å². The van der Waals surface area contributed by atoms with Crippen LogP contribution in [-0.2, 0) is 11.2 Å². The normalized spacial score (nSPS) is 17.9. The second kappa shape index (κ2) is 9.72. The van der Waals surface area contributed by atoms with Crippen LogP contribution in [0.5, 0.6) is 0 Å². The average Bonchev–Trinajstić information content (AvgIpc) is 3.45. The van der Waals surface area contributed by atoms with Gasteiger partial charge in [-0.25, -0.2) is 4.98 Å². The molecule has 0 unspecified atom stereocenters. The molecule has 0 bridgehead atoms. The quantitative estimate of drug-likeness (QED) is 0.395. The number of carbonyl (C=O) groups excluding carboxylic acids is 1. The zero-order valence-electron chi connectivity index (χ0n) is 19.0. The number of carbonyl (C=O) groups is 1. The molecule has 2 aliphatic rings. The van der Waals surface area contributed by atoms with Gasteiger partial charge in [0, 0.05) is 18.8 Å². The molecule has 1 N–H and O–H groups in total. The van der Waals surface area contributed by atoms with Crippen LogP contribution in [0.1, 0.15) is 42.4 Å². The summed E-state index contributed by atoms with van der Waals surface area (Å²) in [7, 11) is 0. The maximum absolute atomic E-state index is 13.5. The van der Waals surface area contributed by atoms with Crippen LogP contribution < -0.4 is 10.9 Å². The molecule has 174 valence electrons. The van der Waals surface area contributed by atoms with Crippen LogP contribution in [0.3, 0.4) is 0 Å². The van der Waals surface area contributed by atoms with Gasteiger partial charge in [-0.3, -0.25) is 18.9 Å². The Hall–Kier alpha value is -2.97. The van der Waals surface area contributed by atoms with E-state index < -0.39 is 0 Å². The first kappa shape index (κ1) is 22.8. The first-order chi connectivity index (χ1) is 16.5. The third kappa shape index (κ3) is 4.40. The van der Waals surface area contributed by atoms with Crippen LogP contribution in [0, 0.1) is 6.92 Å². The van der Waals surface area contributed by atoms with E-state index >= 15 is 0 Å². The Balaban J connectivity index is 1.51. The number of thiocarbonyl (C=S) groups is 1. The van der Waals surface area contributed by atoms with Gasteiger partial charge in [0.2, 0.25) is 0 Å². The molecule has 0 spiro atoms. The fourth-order valence-electron chi connectivity index (χ4n) is 4.63. The Bertz CT molecular complexity index is 1340. The van der Waals surface area contributed by atoms with E-state index in [4.69, 9.17) is 17.2 Å². The number of nitrogens with one attached hydrogen (secondary N) is 1. The summed E-state index contributed by atoms with van der Waals surface area (Å²) in [6.45, 7) is 2.55. The summed E-state index contributed by atoms with van der Waals surface area (Å²) in [5.41, 5.74) is 2.88. The molecule has 2 aromatic heterocycles. The highest BCUT2D eigenvalue weighted by Gasteiger charge is 2.38. The first-order valence-corrected chi connectivity index (χ1v) is 12.8. The standard InChI is InChI=1S/C26H26N4O2S2/c1-17-8-7-15-29-23(17)28-22(27-14-13-18-9-3-2-4-10-18)20(24(29)31)16-21-25(32)30(26(33)34-21)19-11-5-6-12-19/h2-4,7-10,15-16,19,27H,5-6,11-14H2,1H3/b21-16+. The van der Waals surface area contributed by atoms with Gasteiger partial charge in [0.15, 0.2) is 0 Å². The van der Waals surface area contributed by atoms with Crippen LogP contribution in [0.4, 0.5) is 5.82 Å². The lowest BCUT2D eigenvalue weighted by Crippen LogP contribution is -2.36. The summed E-state index contributed by atoms with van der Waals surface area (Å²) < 4.78 is 2.12. The molecule has 0 atom stereocenters. The molecule has 2 fully saturated rings. The van der Waals surface area contributed by atoms with E-state index in [1.807, 2.05) is 37.3 Å². The number of thioether (sulfide) groups is 1. The zero-order valence-corrected chi connectivity index (χ0v) is 20.6. The SMILES string of the molecule is Cc1cccn2c(=O)c(/C=C3/SC(=S)N(C4CCCC4)C3=O)c(NCCc3ccccc3)nc12. The largest absolute Gasteiger partial charge is 0.369 e. The smallest absolute Gasteiger partial charge is 0.267 e. The second-order valence-electron chi connectivity index (χ2n) is 8.72. The van der Waals surface area contributed by atoms with Gasteiger partial charge in [-0.15, -0.1) is 0 Å². The number of rotatable bonds is 6. The van der Waals surface area contributed by atoms with Crippen molar-refractivity contribution in [1.82, 2.24) is 14.3 Å². The highest BCUT2D eigenvalue weighted by molar-refractivity contribution is 8.26. The Morgan fingerprint density at radius 1 is 1.15 bits per heavy atom. The lowest BCUT2D eigenvalue weighted by molar-refractivity contribution is -0.123. The molecule has 1 aliphatic carbocycles. The van der Waals surface area contributed by atoms with Crippen molar-refractivity contribution >= 4 is 51.7 Å². The monoisotopic (exact) mass is 490 g/mol. The molecule has 1 aliphatic heterocycles. The van der Waals surface area contributed by atoms with Crippen molar-refractivity contribution in [3.63, 3.8) is 0 Å². The number of fused-ring (bicyclic) bond motifs is 1. The Morgan fingerprint density at radius 3 is 2.68 bits per heavy atom. The van der Waals surface area contributed by atoms with Gasteiger partial charge in [0.1, 0.15) is 15.8 Å². The van der Waals surface area contributed by atoms with Crippen molar-refractivity contribution in [2.45, 2.75) is 45.1 Å². The molecule has 6 nitrogen and oxygen atoms in total. The third-order valence-electron chi connectivity index (χ3n) is 6.42. The molecule has 0 radical (unpaired) electrons. The van der Waals surface area contributed by atoms with Crippen molar-refractivity contribution in [3.05, 3.63) is 80.6 Å². The molecule has 5 rings (SSSR count). The van der Waals surface area contributed by atoms with Crippen molar-refractivity contribution in [2.75, 3.05) is 11.9 Å². The number of amides is 1. The van der Waals surface area contributed by atoms with Gasteiger partial charge < -0.3 is 5.32 Å². The third-order valence-corrected chi connectivity index (χ3v) is 7.75. The number of hydrogen-bond acceptors (Lipinski definition) is 6. The van der Waals surface area contributed by atoms with Crippen LogP contribution in [-0.4, -0.2) is 37.1 Å². The number of hydrogen-bond donors (Lipinski definition) is 1. The van der Waals surface area contributed by atoms with E-state index in [9.17, 15) is 9.59 Å². The van der Waals surface area contributed by atoms with Crippen molar-refractivity contribution in [2.24, 2.45) is 0 Å². The van der Waals surface area contributed by atoms with E-state index in [1.165, 1.54) is 17.3 Å². The van der Waals surface area contributed by atoms with E-state index in [0.29, 0.717) is 32.8 Å². The number of aromatic nitrogens is 2. The molecule has 1 saturated carbocycles. The van der Waals surface area contributed by atoms with E-state index in [2.05, 4.69) is 17.4 Å². The number of anilines is 1. The summed E-state index contributed by atoms with van der Waals surface area (Å²) in [5, 5.41) is 3.35. The summed E-state index contributed by atoms with van der Waals surface area (Å²) >= 11 is 6.82. The molecular formula is C26H26N4O2S2. The predicted octanol–water partition coefficient (Wildman–Crippen LogP) is 4.80. The maximum atomic E-state index is 13.5. The molecule has 1 aromatic carbocycles. The molecule has 3 heterocycles. The van der Waals surface area contributed by atoms with E-state index in [1.54, 1.807) is 21.6 Å². The Kier molecular flexibility index (Phi) is 6.52. The zero-order chi connectivity index (χ0) is 23.7. The number of nitrogens with zero attached hydrogens (tertiary/aromatic N) is 3. The van der Waals surface area contributed by atoms with Gasteiger partial charge in [-0.05, 0) is 49.5 Å². The topological polar surface area (TPSA) is 66.7 Å². The van der Waals surface area contributed by atoms with Crippen molar-refractivity contribution in [1.29, 1.82) is 0 Å². The number of aryl methyl sites for hydroxylation is 1. The minimum Gasteiger partial charge on any atom is -0.369 e. The predicted molar refractivity (Wildman–Crippen MR) is 142 cm³/mol.